The van der Waals surface area contributed by atoms with E-state index in [1.165, 1.54) is 50.4 Å². The number of hydrogen-bond acceptors (Lipinski definition) is 6. The Hall–Kier alpha value is -3.49. The van der Waals surface area contributed by atoms with E-state index < -0.39 is 35.5 Å². The van der Waals surface area contributed by atoms with Gasteiger partial charge in [0.15, 0.2) is 6.61 Å². The molecule has 0 radical (unpaired) electrons. The fourth-order valence-corrected chi connectivity index (χ4v) is 3.09. The molecule has 0 N–H and O–H groups in total. The third-order valence-electron chi connectivity index (χ3n) is 4.55. The SMILES string of the molecule is CCOC(=O)COc1ccc2c(=O)c(-c3ccc(OC)cc3)c(C(F)(F)F)oc2c1C. The topological polar surface area (TPSA) is 75.0 Å². The summed E-state index contributed by atoms with van der Waals surface area (Å²) in [5.74, 6) is -1.51. The quantitative estimate of drug-likeness (QED) is 0.520. The molecule has 9 heteroatoms. The van der Waals surface area contributed by atoms with Crippen molar-refractivity contribution in [1.82, 2.24) is 0 Å². The summed E-state index contributed by atoms with van der Waals surface area (Å²) < 4.78 is 61.8. The Bertz CT molecular complexity index is 1160. The van der Waals surface area contributed by atoms with Gasteiger partial charge in [0.05, 0.1) is 24.7 Å². The third kappa shape index (κ3) is 4.50. The van der Waals surface area contributed by atoms with Crippen molar-refractivity contribution in [3.8, 4) is 22.6 Å². The Labute approximate surface area is 175 Å². The first-order chi connectivity index (χ1) is 14.7. The van der Waals surface area contributed by atoms with Gasteiger partial charge in [0.25, 0.3) is 0 Å². The van der Waals surface area contributed by atoms with E-state index in [0.717, 1.165) is 0 Å². The van der Waals surface area contributed by atoms with Crippen molar-refractivity contribution in [1.29, 1.82) is 0 Å². The summed E-state index contributed by atoms with van der Waals surface area (Å²) in [6, 6.07) is 8.33. The second-order valence-electron chi connectivity index (χ2n) is 6.52. The molecule has 0 aliphatic heterocycles. The Morgan fingerprint density at radius 1 is 1.10 bits per heavy atom. The number of carbonyl (C=O) groups excluding carboxylic acids is 1. The van der Waals surface area contributed by atoms with Crippen molar-refractivity contribution in [2.24, 2.45) is 0 Å². The van der Waals surface area contributed by atoms with E-state index in [1.807, 2.05) is 0 Å². The second-order valence-corrected chi connectivity index (χ2v) is 6.52. The number of halogens is 3. The molecular weight excluding hydrogens is 417 g/mol. The first-order valence-corrected chi connectivity index (χ1v) is 9.27. The predicted octanol–water partition coefficient (Wildman–Crippen LogP) is 4.74. The van der Waals surface area contributed by atoms with Gasteiger partial charge in [-0.2, -0.15) is 13.2 Å². The fraction of sp³-hybridized carbons (Fsp3) is 0.273. The molecular formula is C22H19F3O6. The molecule has 0 unspecified atom stereocenters. The molecule has 164 valence electrons. The Morgan fingerprint density at radius 2 is 1.77 bits per heavy atom. The van der Waals surface area contributed by atoms with E-state index in [2.05, 4.69) is 0 Å². The Balaban J connectivity index is 2.18. The van der Waals surface area contributed by atoms with E-state index in [1.54, 1.807) is 6.92 Å². The zero-order chi connectivity index (χ0) is 22.8. The number of rotatable bonds is 6. The van der Waals surface area contributed by atoms with Crippen LogP contribution in [0.4, 0.5) is 13.2 Å². The number of alkyl halides is 3. The monoisotopic (exact) mass is 436 g/mol. The minimum atomic E-state index is -4.92. The molecule has 3 aromatic rings. The zero-order valence-corrected chi connectivity index (χ0v) is 17.0. The van der Waals surface area contributed by atoms with Gasteiger partial charge in [-0.15, -0.1) is 0 Å². The molecule has 0 saturated heterocycles. The van der Waals surface area contributed by atoms with Crippen LogP contribution in [0.15, 0.2) is 45.6 Å². The van der Waals surface area contributed by atoms with Crippen molar-refractivity contribution in [2.75, 3.05) is 20.3 Å². The molecule has 0 amide bonds. The first-order valence-electron chi connectivity index (χ1n) is 9.27. The van der Waals surface area contributed by atoms with Crippen LogP contribution in [-0.4, -0.2) is 26.3 Å². The van der Waals surface area contributed by atoms with Crippen LogP contribution in [0.3, 0.4) is 0 Å². The maximum Gasteiger partial charge on any atom is 0.450 e. The van der Waals surface area contributed by atoms with Crippen LogP contribution in [0.5, 0.6) is 11.5 Å². The molecule has 0 spiro atoms. The van der Waals surface area contributed by atoms with Crippen LogP contribution in [-0.2, 0) is 15.7 Å². The normalized spacial score (nSPS) is 11.4. The maximum atomic E-state index is 13.8. The highest BCUT2D eigenvalue weighted by atomic mass is 19.4. The van der Waals surface area contributed by atoms with Crippen LogP contribution in [0.25, 0.3) is 22.1 Å². The lowest BCUT2D eigenvalue weighted by atomic mass is 10.0. The maximum absolute atomic E-state index is 13.8. The highest BCUT2D eigenvalue weighted by molar-refractivity contribution is 5.87. The van der Waals surface area contributed by atoms with Crippen LogP contribution in [0, 0.1) is 6.92 Å². The highest BCUT2D eigenvalue weighted by Crippen LogP contribution is 2.39. The molecule has 0 bridgehead atoms. The molecule has 1 heterocycles. The number of benzene rings is 2. The number of fused-ring (bicyclic) bond motifs is 1. The van der Waals surface area contributed by atoms with E-state index in [4.69, 9.17) is 18.6 Å². The van der Waals surface area contributed by atoms with E-state index in [0.29, 0.717) is 5.75 Å². The Morgan fingerprint density at radius 3 is 2.35 bits per heavy atom. The molecule has 31 heavy (non-hydrogen) atoms. The molecule has 2 aromatic carbocycles. The van der Waals surface area contributed by atoms with Gasteiger partial charge in [-0.3, -0.25) is 4.79 Å². The number of ether oxygens (including phenoxy) is 3. The van der Waals surface area contributed by atoms with Crippen molar-refractivity contribution < 1.29 is 36.6 Å². The van der Waals surface area contributed by atoms with E-state index in [9.17, 15) is 22.8 Å². The summed E-state index contributed by atoms with van der Waals surface area (Å²) in [5, 5.41) is -0.0418. The van der Waals surface area contributed by atoms with Gasteiger partial charge in [0, 0.05) is 5.56 Å². The average Bonchev–Trinajstić information content (AvgIpc) is 2.73. The second kappa shape index (κ2) is 8.71. The van der Waals surface area contributed by atoms with Crippen LogP contribution in [0.2, 0.25) is 0 Å². The highest BCUT2D eigenvalue weighted by Gasteiger charge is 2.39. The lowest BCUT2D eigenvalue weighted by Gasteiger charge is -2.15. The minimum absolute atomic E-state index is 0.0418. The number of aryl methyl sites for hydroxylation is 1. The molecule has 1 aromatic heterocycles. The van der Waals surface area contributed by atoms with Crippen LogP contribution in [0.1, 0.15) is 18.2 Å². The standard InChI is InChI=1S/C22H19F3O6/c1-4-29-17(26)11-30-16-10-9-15-19(27)18(13-5-7-14(28-3)8-6-13)21(22(23,24)25)31-20(15)12(16)2/h5-10H,4,11H2,1-3H3. The summed E-state index contributed by atoms with van der Waals surface area (Å²) >= 11 is 0. The summed E-state index contributed by atoms with van der Waals surface area (Å²) in [4.78, 5) is 24.6. The van der Waals surface area contributed by atoms with Gasteiger partial charge in [-0.1, -0.05) is 12.1 Å². The minimum Gasteiger partial charge on any atom is -0.497 e. The van der Waals surface area contributed by atoms with Gasteiger partial charge in [0.1, 0.15) is 17.1 Å². The summed E-state index contributed by atoms with van der Waals surface area (Å²) in [5.41, 5.74) is -1.49. The third-order valence-corrected chi connectivity index (χ3v) is 4.55. The van der Waals surface area contributed by atoms with Crippen molar-refractivity contribution in [3.63, 3.8) is 0 Å². The predicted molar refractivity (Wildman–Crippen MR) is 106 cm³/mol. The lowest BCUT2D eigenvalue weighted by molar-refractivity contribution is -0.152. The zero-order valence-electron chi connectivity index (χ0n) is 17.0. The molecule has 0 fully saturated rings. The van der Waals surface area contributed by atoms with E-state index in [-0.39, 0.29) is 34.5 Å². The smallest absolute Gasteiger partial charge is 0.450 e. The summed E-state index contributed by atoms with van der Waals surface area (Å²) in [6.07, 6.45) is -4.92. The molecule has 0 aliphatic carbocycles. The van der Waals surface area contributed by atoms with Gasteiger partial charge >= 0.3 is 12.1 Å². The summed E-state index contributed by atoms with van der Waals surface area (Å²) in [6.45, 7) is 2.81. The number of esters is 1. The lowest BCUT2D eigenvalue weighted by Crippen LogP contribution is -2.17. The van der Waals surface area contributed by atoms with Crippen molar-refractivity contribution >= 4 is 16.9 Å². The van der Waals surface area contributed by atoms with Gasteiger partial charge < -0.3 is 18.6 Å². The van der Waals surface area contributed by atoms with E-state index >= 15 is 0 Å². The van der Waals surface area contributed by atoms with Gasteiger partial charge in [-0.05, 0) is 43.7 Å². The molecule has 3 rings (SSSR count). The number of methoxy groups -OCH3 is 1. The first kappa shape index (κ1) is 22.2. The van der Waals surface area contributed by atoms with Crippen molar-refractivity contribution in [2.45, 2.75) is 20.0 Å². The van der Waals surface area contributed by atoms with Crippen molar-refractivity contribution in [3.05, 3.63) is 57.9 Å². The summed E-state index contributed by atoms with van der Waals surface area (Å²) in [7, 11) is 1.42. The number of carbonyl (C=O) groups is 1. The van der Waals surface area contributed by atoms with Crippen LogP contribution < -0.4 is 14.9 Å². The fourth-order valence-electron chi connectivity index (χ4n) is 3.09. The molecule has 6 nitrogen and oxygen atoms in total. The molecule has 0 aliphatic rings. The number of hydrogen-bond donors (Lipinski definition) is 0. The largest absolute Gasteiger partial charge is 0.497 e. The van der Waals surface area contributed by atoms with Gasteiger partial charge in [-0.25, -0.2) is 4.79 Å². The Kier molecular flexibility index (Phi) is 6.24. The average molecular weight is 436 g/mol. The molecule has 0 saturated carbocycles. The van der Waals surface area contributed by atoms with Crippen LogP contribution >= 0.6 is 0 Å². The molecule has 0 atom stereocenters. The van der Waals surface area contributed by atoms with Gasteiger partial charge in [0.2, 0.25) is 11.2 Å².